The predicted octanol–water partition coefficient (Wildman–Crippen LogP) is 5.10. The van der Waals surface area contributed by atoms with E-state index in [9.17, 15) is 13.2 Å². The van der Waals surface area contributed by atoms with E-state index in [1.807, 2.05) is 61.5 Å². The van der Waals surface area contributed by atoms with Gasteiger partial charge in [0, 0.05) is 22.8 Å². The Morgan fingerprint density at radius 2 is 1.58 bits per heavy atom. The number of hydrogen-bond donors (Lipinski definition) is 2. The first kappa shape index (κ1) is 23.1. The largest absolute Gasteiger partial charge is 0.325 e. The van der Waals surface area contributed by atoms with Crippen molar-refractivity contribution in [2.75, 3.05) is 11.9 Å². The number of benzene rings is 3. The van der Waals surface area contributed by atoms with Crippen molar-refractivity contribution in [3.63, 3.8) is 0 Å². The second-order valence-electron chi connectivity index (χ2n) is 7.00. The molecule has 0 aliphatic heterocycles. The molecule has 2 N–H and O–H groups in total. The van der Waals surface area contributed by atoms with Crippen molar-refractivity contribution in [1.82, 2.24) is 4.72 Å². The van der Waals surface area contributed by atoms with Gasteiger partial charge in [-0.3, -0.25) is 4.79 Å². The van der Waals surface area contributed by atoms with E-state index in [0.29, 0.717) is 19.4 Å². The first-order chi connectivity index (χ1) is 15.0. The first-order valence-electron chi connectivity index (χ1n) is 10.2. The number of amides is 1. The maximum atomic E-state index is 12.5. The van der Waals surface area contributed by atoms with Gasteiger partial charge in [0.05, 0.1) is 10.6 Å². The molecule has 162 valence electrons. The van der Waals surface area contributed by atoms with Crippen LogP contribution < -0.4 is 10.0 Å². The first-order valence-corrected chi connectivity index (χ1v) is 12.5. The standard InChI is InChI=1S/C24H26N2O3S2/c1-2-18-25-31(28,29)21-15-12-19(13-16-21)14-17-24(27)26-22-10-6-7-11-23(22)30-20-8-4-3-5-9-20/h3-13,15-16,25H,2,14,17-18H2,1H3,(H,26,27). The van der Waals surface area contributed by atoms with Crippen LogP contribution in [-0.2, 0) is 21.2 Å². The predicted molar refractivity (Wildman–Crippen MR) is 126 cm³/mol. The minimum Gasteiger partial charge on any atom is -0.325 e. The van der Waals surface area contributed by atoms with E-state index in [-0.39, 0.29) is 10.8 Å². The Balaban J connectivity index is 1.57. The van der Waals surface area contributed by atoms with E-state index in [1.54, 1.807) is 36.0 Å². The van der Waals surface area contributed by atoms with Crippen molar-refractivity contribution in [3.8, 4) is 0 Å². The highest BCUT2D eigenvalue weighted by atomic mass is 32.2. The van der Waals surface area contributed by atoms with Crippen LogP contribution in [0.1, 0.15) is 25.3 Å². The SMILES string of the molecule is CCCNS(=O)(=O)c1ccc(CCC(=O)Nc2ccccc2Sc2ccccc2)cc1. The normalized spacial score (nSPS) is 11.3. The van der Waals surface area contributed by atoms with E-state index in [4.69, 9.17) is 0 Å². The highest BCUT2D eigenvalue weighted by Crippen LogP contribution is 2.33. The summed E-state index contributed by atoms with van der Waals surface area (Å²) >= 11 is 1.60. The summed E-state index contributed by atoms with van der Waals surface area (Å²) in [6, 6.07) is 24.4. The molecule has 0 unspecified atom stereocenters. The maximum Gasteiger partial charge on any atom is 0.240 e. The Kier molecular flexibility index (Phi) is 8.28. The number of anilines is 1. The lowest BCUT2D eigenvalue weighted by atomic mass is 10.1. The number of carbonyl (C=O) groups excluding carboxylic acids is 1. The summed E-state index contributed by atoms with van der Waals surface area (Å²) in [5.41, 5.74) is 1.70. The van der Waals surface area contributed by atoms with Gasteiger partial charge in [0.1, 0.15) is 0 Å². The van der Waals surface area contributed by atoms with Crippen LogP contribution in [0.3, 0.4) is 0 Å². The number of nitrogens with one attached hydrogen (secondary N) is 2. The number of para-hydroxylation sites is 1. The van der Waals surface area contributed by atoms with Crippen molar-refractivity contribution >= 4 is 33.4 Å². The van der Waals surface area contributed by atoms with Crippen LogP contribution in [-0.4, -0.2) is 20.9 Å². The second-order valence-corrected chi connectivity index (χ2v) is 9.88. The summed E-state index contributed by atoms with van der Waals surface area (Å²) in [6.45, 7) is 2.32. The van der Waals surface area contributed by atoms with E-state index in [1.165, 1.54) is 0 Å². The molecule has 0 atom stereocenters. The molecular formula is C24H26N2O3S2. The van der Waals surface area contributed by atoms with Gasteiger partial charge in [0.15, 0.2) is 0 Å². The summed E-state index contributed by atoms with van der Waals surface area (Å²) in [7, 11) is -3.47. The van der Waals surface area contributed by atoms with Crippen molar-refractivity contribution < 1.29 is 13.2 Å². The van der Waals surface area contributed by atoms with Gasteiger partial charge in [0.2, 0.25) is 15.9 Å². The molecule has 0 heterocycles. The molecule has 1 amide bonds. The zero-order chi connectivity index (χ0) is 22.1. The van der Waals surface area contributed by atoms with E-state index < -0.39 is 10.0 Å². The molecule has 3 aromatic rings. The third-order valence-corrected chi connectivity index (χ3v) is 7.11. The molecule has 0 fully saturated rings. The molecule has 0 bridgehead atoms. The maximum absolute atomic E-state index is 12.5. The third-order valence-electron chi connectivity index (χ3n) is 4.55. The molecule has 31 heavy (non-hydrogen) atoms. The molecule has 0 radical (unpaired) electrons. The second kappa shape index (κ2) is 11.1. The molecule has 0 aromatic heterocycles. The average Bonchev–Trinajstić information content (AvgIpc) is 2.79. The number of hydrogen-bond acceptors (Lipinski definition) is 4. The van der Waals surface area contributed by atoms with Gasteiger partial charge in [-0.2, -0.15) is 0 Å². The lowest BCUT2D eigenvalue weighted by molar-refractivity contribution is -0.116. The molecule has 3 aromatic carbocycles. The third kappa shape index (κ3) is 6.95. The van der Waals surface area contributed by atoms with Crippen LogP contribution in [0.2, 0.25) is 0 Å². The van der Waals surface area contributed by atoms with Crippen molar-refractivity contribution in [2.45, 2.75) is 40.9 Å². The molecule has 0 saturated carbocycles. The van der Waals surface area contributed by atoms with Gasteiger partial charge < -0.3 is 5.32 Å². The van der Waals surface area contributed by atoms with Gasteiger partial charge in [-0.15, -0.1) is 0 Å². The van der Waals surface area contributed by atoms with Gasteiger partial charge in [-0.1, -0.05) is 61.2 Å². The van der Waals surface area contributed by atoms with Gasteiger partial charge >= 0.3 is 0 Å². The number of sulfonamides is 1. The Bertz CT molecular complexity index is 1100. The highest BCUT2D eigenvalue weighted by molar-refractivity contribution is 7.99. The van der Waals surface area contributed by atoms with Crippen LogP contribution in [0.4, 0.5) is 5.69 Å². The molecule has 5 nitrogen and oxygen atoms in total. The molecule has 0 saturated heterocycles. The average molecular weight is 455 g/mol. The van der Waals surface area contributed by atoms with Crippen molar-refractivity contribution in [2.24, 2.45) is 0 Å². The summed E-state index contributed by atoms with van der Waals surface area (Å²) in [4.78, 5) is 14.8. The van der Waals surface area contributed by atoms with Crippen LogP contribution in [0.5, 0.6) is 0 Å². The summed E-state index contributed by atoms with van der Waals surface area (Å²) in [5, 5.41) is 2.99. The zero-order valence-electron chi connectivity index (χ0n) is 17.4. The van der Waals surface area contributed by atoms with E-state index in [0.717, 1.165) is 27.5 Å². The minimum atomic E-state index is -3.47. The summed E-state index contributed by atoms with van der Waals surface area (Å²) in [5.74, 6) is -0.0811. The number of carbonyl (C=O) groups is 1. The molecular weight excluding hydrogens is 428 g/mol. The van der Waals surface area contributed by atoms with Gasteiger partial charge in [0.25, 0.3) is 0 Å². The number of aryl methyl sites for hydroxylation is 1. The van der Waals surface area contributed by atoms with Crippen molar-refractivity contribution in [1.29, 1.82) is 0 Å². The lowest BCUT2D eigenvalue weighted by Gasteiger charge is -2.11. The smallest absolute Gasteiger partial charge is 0.240 e. The van der Waals surface area contributed by atoms with E-state index in [2.05, 4.69) is 10.0 Å². The topological polar surface area (TPSA) is 75.3 Å². The fraction of sp³-hybridized carbons (Fsp3) is 0.208. The van der Waals surface area contributed by atoms with Gasteiger partial charge in [-0.25, -0.2) is 13.1 Å². The Morgan fingerprint density at radius 1 is 0.903 bits per heavy atom. The molecule has 3 rings (SSSR count). The monoisotopic (exact) mass is 454 g/mol. The Hall–Kier alpha value is -2.61. The van der Waals surface area contributed by atoms with E-state index >= 15 is 0 Å². The molecule has 0 spiro atoms. The summed E-state index contributed by atoms with van der Waals surface area (Å²) in [6.07, 6.45) is 1.58. The fourth-order valence-electron chi connectivity index (χ4n) is 2.90. The Morgan fingerprint density at radius 3 is 2.29 bits per heavy atom. The van der Waals surface area contributed by atoms with Crippen molar-refractivity contribution in [3.05, 3.63) is 84.4 Å². The minimum absolute atomic E-state index is 0.0811. The fourth-order valence-corrected chi connectivity index (χ4v) is 4.96. The van der Waals surface area contributed by atoms with Crippen LogP contribution in [0, 0.1) is 0 Å². The highest BCUT2D eigenvalue weighted by Gasteiger charge is 2.13. The Labute approximate surface area is 188 Å². The lowest BCUT2D eigenvalue weighted by Crippen LogP contribution is -2.24. The van der Waals surface area contributed by atoms with Gasteiger partial charge in [-0.05, 0) is 54.8 Å². The molecule has 7 heteroatoms. The molecule has 0 aliphatic carbocycles. The number of rotatable bonds is 10. The van der Waals surface area contributed by atoms with Crippen LogP contribution >= 0.6 is 11.8 Å². The van der Waals surface area contributed by atoms with Crippen LogP contribution in [0.25, 0.3) is 0 Å². The zero-order valence-corrected chi connectivity index (χ0v) is 19.0. The molecule has 0 aliphatic rings. The quantitative estimate of drug-likeness (QED) is 0.447. The summed E-state index contributed by atoms with van der Waals surface area (Å²) < 4.78 is 26.9. The van der Waals surface area contributed by atoms with Crippen LogP contribution in [0.15, 0.2) is 93.5 Å².